The first-order valence-corrected chi connectivity index (χ1v) is 8.22. The number of carbonyl (C=O) groups excluding carboxylic acids is 2. The lowest BCUT2D eigenvalue weighted by atomic mass is 10.0. The SMILES string of the molecule is O=C(NCCC(=O)N1CCCc2ccccc21)Nc1ccccc1. The van der Waals surface area contributed by atoms with Gasteiger partial charge in [-0.05, 0) is 36.6 Å². The van der Waals surface area contributed by atoms with Gasteiger partial charge < -0.3 is 15.5 Å². The molecule has 2 aromatic carbocycles. The van der Waals surface area contributed by atoms with Crippen molar-refractivity contribution in [2.75, 3.05) is 23.3 Å². The van der Waals surface area contributed by atoms with Crippen LogP contribution in [0.5, 0.6) is 0 Å². The topological polar surface area (TPSA) is 61.4 Å². The van der Waals surface area contributed by atoms with Crippen molar-refractivity contribution in [3.8, 4) is 0 Å². The third-order valence-corrected chi connectivity index (χ3v) is 4.07. The van der Waals surface area contributed by atoms with E-state index in [-0.39, 0.29) is 18.4 Å². The normalized spacial score (nSPS) is 13.1. The minimum atomic E-state index is -0.298. The lowest BCUT2D eigenvalue weighted by Gasteiger charge is -2.29. The molecule has 3 amide bonds. The maximum atomic E-state index is 12.5. The van der Waals surface area contributed by atoms with Crippen LogP contribution in [0.1, 0.15) is 18.4 Å². The Morgan fingerprint density at radius 3 is 2.58 bits per heavy atom. The summed E-state index contributed by atoms with van der Waals surface area (Å²) < 4.78 is 0. The fourth-order valence-corrected chi connectivity index (χ4v) is 2.91. The van der Waals surface area contributed by atoms with Gasteiger partial charge in [-0.25, -0.2) is 4.79 Å². The molecule has 0 unspecified atom stereocenters. The number of urea groups is 1. The number of nitrogens with one attached hydrogen (secondary N) is 2. The molecule has 0 saturated heterocycles. The summed E-state index contributed by atoms with van der Waals surface area (Å²) in [4.78, 5) is 26.1. The molecule has 0 aromatic heterocycles. The average Bonchev–Trinajstić information content (AvgIpc) is 2.62. The van der Waals surface area contributed by atoms with Crippen LogP contribution in [-0.2, 0) is 11.2 Å². The molecule has 1 aliphatic rings. The smallest absolute Gasteiger partial charge is 0.319 e. The molecule has 24 heavy (non-hydrogen) atoms. The van der Waals surface area contributed by atoms with Crippen molar-refractivity contribution in [2.45, 2.75) is 19.3 Å². The first kappa shape index (κ1) is 16.1. The molecule has 1 aliphatic heterocycles. The fourth-order valence-electron chi connectivity index (χ4n) is 2.91. The first-order chi connectivity index (χ1) is 11.7. The van der Waals surface area contributed by atoms with Crippen LogP contribution in [-0.4, -0.2) is 25.0 Å². The van der Waals surface area contributed by atoms with E-state index >= 15 is 0 Å². The molecule has 0 saturated carbocycles. The maximum Gasteiger partial charge on any atom is 0.319 e. The van der Waals surface area contributed by atoms with E-state index < -0.39 is 0 Å². The fraction of sp³-hybridized carbons (Fsp3) is 0.263. The van der Waals surface area contributed by atoms with Crippen molar-refractivity contribution in [1.29, 1.82) is 0 Å². The molecule has 0 atom stereocenters. The van der Waals surface area contributed by atoms with Crippen LogP contribution in [0.2, 0.25) is 0 Å². The zero-order valence-electron chi connectivity index (χ0n) is 13.5. The van der Waals surface area contributed by atoms with E-state index in [0.29, 0.717) is 6.54 Å². The summed E-state index contributed by atoms with van der Waals surface area (Å²) >= 11 is 0. The molecule has 3 rings (SSSR count). The van der Waals surface area contributed by atoms with E-state index in [4.69, 9.17) is 0 Å². The molecule has 0 spiro atoms. The van der Waals surface area contributed by atoms with E-state index in [1.807, 2.05) is 53.4 Å². The number of aryl methyl sites for hydroxylation is 1. The zero-order valence-corrected chi connectivity index (χ0v) is 13.5. The largest absolute Gasteiger partial charge is 0.337 e. The summed E-state index contributed by atoms with van der Waals surface area (Å²) in [6.07, 6.45) is 2.28. The Labute approximate surface area is 141 Å². The summed E-state index contributed by atoms with van der Waals surface area (Å²) in [6, 6.07) is 16.9. The van der Waals surface area contributed by atoms with Crippen molar-refractivity contribution >= 4 is 23.3 Å². The molecule has 2 N–H and O–H groups in total. The van der Waals surface area contributed by atoms with E-state index in [1.165, 1.54) is 5.56 Å². The van der Waals surface area contributed by atoms with Gasteiger partial charge in [0.05, 0.1) is 0 Å². The van der Waals surface area contributed by atoms with Crippen molar-refractivity contribution in [1.82, 2.24) is 5.32 Å². The summed E-state index contributed by atoms with van der Waals surface area (Å²) in [6.45, 7) is 1.06. The Hall–Kier alpha value is -2.82. The second kappa shape index (κ2) is 7.64. The number of hydrogen-bond donors (Lipinski definition) is 2. The summed E-state index contributed by atoms with van der Waals surface area (Å²) in [5.74, 6) is 0.0437. The third kappa shape index (κ3) is 3.93. The summed E-state index contributed by atoms with van der Waals surface area (Å²) in [7, 11) is 0. The molecular formula is C19H21N3O2. The van der Waals surface area contributed by atoms with Gasteiger partial charge in [0.2, 0.25) is 5.91 Å². The zero-order chi connectivity index (χ0) is 16.8. The number of carbonyl (C=O) groups is 2. The lowest BCUT2D eigenvalue weighted by molar-refractivity contribution is -0.118. The van der Waals surface area contributed by atoms with E-state index in [1.54, 1.807) is 0 Å². The number of nitrogens with zero attached hydrogens (tertiary/aromatic N) is 1. The predicted molar refractivity (Wildman–Crippen MR) is 95.2 cm³/mol. The van der Waals surface area contributed by atoms with Gasteiger partial charge in [-0.3, -0.25) is 4.79 Å². The minimum Gasteiger partial charge on any atom is -0.337 e. The third-order valence-electron chi connectivity index (χ3n) is 4.07. The maximum absolute atomic E-state index is 12.5. The van der Waals surface area contributed by atoms with Crippen LogP contribution in [0.25, 0.3) is 0 Å². The molecular weight excluding hydrogens is 302 g/mol. The molecule has 0 aliphatic carbocycles. The number of anilines is 2. The van der Waals surface area contributed by atoms with Crippen LogP contribution in [0.15, 0.2) is 54.6 Å². The minimum absolute atomic E-state index is 0.0437. The van der Waals surface area contributed by atoms with Gasteiger partial charge in [0.25, 0.3) is 0 Å². The van der Waals surface area contributed by atoms with Crippen molar-refractivity contribution in [2.24, 2.45) is 0 Å². The highest BCUT2D eigenvalue weighted by molar-refractivity contribution is 5.95. The van der Waals surface area contributed by atoms with Gasteiger partial charge in [0.1, 0.15) is 0 Å². The van der Waals surface area contributed by atoms with Gasteiger partial charge in [0.15, 0.2) is 0 Å². The molecule has 124 valence electrons. The number of fused-ring (bicyclic) bond motifs is 1. The Bertz CT molecular complexity index is 716. The van der Waals surface area contributed by atoms with Gasteiger partial charge in [-0.2, -0.15) is 0 Å². The number of rotatable bonds is 4. The van der Waals surface area contributed by atoms with Crippen LogP contribution in [0.3, 0.4) is 0 Å². The van der Waals surface area contributed by atoms with Gasteiger partial charge in [-0.15, -0.1) is 0 Å². The van der Waals surface area contributed by atoms with E-state index in [2.05, 4.69) is 16.7 Å². The quantitative estimate of drug-likeness (QED) is 0.908. The monoisotopic (exact) mass is 323 g/mol. The highest BCUT2D eigenvalue weighted by Gasteiger charge is 2.21. The molecule has 0 bridgehead atoms. The number of benzene rings is 2. The Balaban J connectivity index is 1.49. The highest BCUT2D eigenvalue weighted by atomic mass is 16.2. The van der Waals surface area contributed by atoms with Crippen LogP contribution in [0.4, 0.5) is 16.2 Å². The van der Waals surface area contributed by atoms with E-state index in [9.17, 15) is 9.59 Å². The van der Waals surface area contributed by atoms with Gasteiger partial charge in [-0.1, -0.05) is 36.4 Å². The summed E-state index contributed by atoms with van der Waals surface area (Å²) in [5.41, 5.74) is 2.95. The predicted octanol–water partition coefficient (Wildman–Crippen LogP) is 3.18. The molecule has 5 nitrogen and oxygen atoms in total. The standard InChI is InChI=1S/C19H21N3O2/c23-18(22-14-6-8-15-7-4-5-11-17(15)22)12-13-20-19(24)21-16-9-2-1-3-10-16/h1-5,7,9-11H,6,8,12-14H2,(H2,20,21,24). The van der Waals surface area contributed by atoms with Crippen molar-refractivity contribution in [3.63, 3.8) is 0 Å². The highest BCUT2D eigenvalue weighted by Crippen LogP contribution is 2.26. The molecule has 2 aromatic rings. The van der Waals surface area contributed by atoms with Crippen molar-refractivity contribution < 1.29 is 9.59 Å². The molecule has 1 heterocycles. The van der Waals surface area contributed by atoms with Crippen molar-refractivity contribution in [3.05, 3.63) is 60.2 Å². The first-order valence-electron chi connectivity index (χ1n) is 8.22. The van der Waals surface area contributed by atoms with Crippen LogP contribution < -0.4 is 15.5 Å². The Morgan fingerprint density at radius 1 is 1.00 bits per heavy atom. The number of hydrogen-bond acceptors (Lipinski definition) is 2. The van der Waals surface area contributed by atoms with E-state index in [0.717, 1.165) is 30.8 Å². The Kier molecular flexibility index (Phi) is 5.11. The summed E-state index contributed by atoms with van der Waals surface area (Å²) in [5, 5.41) is 5.46. The number of para-hydroxylation sites is 2. The molecule has 5 heteroatoms. The van der Waals surface area contributed by atoms with Gasteiger partial charge >= 0.3 is 6.03 Å². The second-order valence-electron chi connectivity index (χ2n) is 5.77. The number of amides is 3. The van der Waals surface area contributed by atoms with Crippen LogP contribution in [0, 0.1) is 0 Å². The average molecular weight is 323 g/mol. The lowest BCUT2D eigenvalue weighted by Crippen LogP contribution is -2.38. The van der Waals surface area contributed by atoms with Gasteiger partial charge in [0, 0.05) is 30.9 Å². The Morgan fingerprint density at radius 2 is 1.75 bits per heavy atom. The molecule has 0 fully saturated rings. The van der Waals surface area contributed by atoms with Crippen LogP contribution >= 0.6 is 0 Å². The second-order valence-corrected chi connectivity index (χ2v) is 5.77. The molecule has 0 radical (unpaired) electrons.